The molecule has 1 aliphatic rings. The predicted octanol–water partition coefficient (Wildman–Crippen LogP) is 7.61. The molecule has 5 nitrogen and oxygen atoms in total. The number of anilines is 2. The SMILES string of the molecule is O=C1SC(=S)N/C1=C/c1cc2sc(/N=N/c3ccc(Nc4ccccc4)cc3)cc2s1. The standard InChI is InChI=1S/C22H14N4OS4/c27-21-17(24-22(28)31-21)10-16-11-18-19(29-16)12-20(30-18)26-25-15-8-6-14(7-9-15)23-13-4-2-1-3-5-13/h1-12,23H,(H,24,28)/b17-10+,26-25+. The van der Waals surface area contributed by atoms with Crippen molar-refractivity contribution in [3.05, 3.63) is 77.3 Å². The van der Waals surface area contributed by atoms with E-state index >= 15 is 0 Å². The van der Waals surface area contributed by atoms with Crippen LogP contribution in [0.25, 0.3) is 15.5 Å². The van der Waals surface area contributed by atoms with Crippen LogP contribution in [0, 0.1) is 0 Å². The minimum atomic E-state index is -0.0405. The van der Waals surface area contributed by atoms with Gasteiger partial charge in [0.05, 0.1) is 11.4 Å². The van der Waals surface area contributed by atoms with Gasteiger partial charge in [-0.2, -0.15) is 0 Å². The fraction of sp³-hybridized carbons (Fsp3) is 0. The second-order valence-electron chi connectivity index (χ2n) is 6.56. The number of fused-ring (bicyclic) bond motifs is 1. The van der Waals surface area contributed by atoms with Crippen LogP contribution in [-0.2, 0) is 4.79 Å². The van der Waals surface area contributed by atoms with E-state index in [2.05, 4.69) is 26.9 Å². The van der Waals surface area contributed by atoms with Crippen LogP contribution in [-0.4, -0.2) is 9.44 Å². The Morgan fingerprint density at radius 2 is 1.65 bits per heavy atom. The molecular weight excluding hydrogens is 465 g/mol. The van der Waals surface area contributed by atoms with Crippen molar-refractivity contribution >= 4 is 93.6 Å². The second-order valence-corrected chi connectivity index (χ2v) is 10.4. The Morgan fingerprint density at radius 1 is 0.903 bits per heavy atom. The Kier molecular flexibility index (Phi) is 5.65. The van der Waals surface area contributed by atoms with Crippen LogP contribution in [0.3, 0.4) is 0 Å². The molecule has 0 spiro atoms. The Morgan fingerprint density at radius 3 is 2.35 bits per heavy atom. The summed E-state index contributed by atoms with van der Waals surface area (Å²) in [7, 11) is 0. The summed E-state index contributed by atoms with van der Waals surface area (Å²) in [5.41, 5.74) is 3.37. The van der Waals surface area contributed by atoms with Gasteiger partial charge in [-0.3, -0.25) is 4.79 Å². The summed E-state index contributed by atoms with van der Waals surface area (Å²) < 4.78 is 2.74. The van der Waals surface area contributed by atoms with E-state index < -0.39 is 0 Å². The number of thiocarbonyl (C=S) groups is 1. The van der Waals surface area contributed by atoms with Gasteiger partial charge in [0, 0.05) is 25.7 Å². The summed E-state index contributed by atoms with van der Waals surface area (Å²) in [6, 6.07) is 21.9. The smallest absolute Gasteiger partial charge is 0.242 e. The Balaban J connectivity index is 1.27. The highest BCUT2D eigenvalue weighted by Gasteiger charge is 2.22. The average Bonchev–Trinajstić information content (AvgIpc) is 3.41. The lowest BCUT2D eigenvalue weighted by Crippen LogP contribution is -2.09. The van der Waals surface area contributed by atoms with E-state index in [1.807, 2.05) is 66.7 Å². The van der Waals surface area contributed by atoms with Crippen molar-refractivity contribution in [2.24, 2.45) is 10.2 Å². The van der Waals surface area contributed by atoms with Crippen LogP contribution in [0.15, 0.2) is 82.7 Å². The first kappa shape index (κ1) is 20.1. The second kappa shape index (κ2) is 8.72. The molecule has 5 rings (SSSR count). The molecule has 2 N–H and O–H groups in total. The quantitative estimate of drug-likeness (QED) is 0.175. The molecule has 1 fully saturated rings. The third-order valence-corrected chi connectivity index (χ3v) is 7.50. The number of carbonyl (C=O) groups excluding carboxylic acids is 1. The van der Waals surface area contributed by atoms with Gasteiger partial charge in [0.15, 0.2) is 0 Å². The molecule has 31 heavy (non-hydrogen) atoms. The fourth-order valence-electron chi connectivity index (χ4n) is 2.93. The van der Waals surface area contributed by atoms with Gasteiger partial charge in [-0.15, -0.1) is 32.9 Å². The van der Waals surface area contributed by atoms with Gasteiger partial charge in [0.25, 0.3) is 0 Å². The van der Waals surface area contributed by atoms with Crippen molar-refractivity contribution in [2.45, 2.75) is 0 Å². The number of azo groups is 1. The van der Waals surface area contributed by atoms with Crippen molar-refractivity contribution in [3.8, 4) is 0 Å². The molecule has 3 heterocycles. The van der Waals surface area contributed by atoms with Crippen LogP contribution in [0.1, 0.15) is 4.88 Å². The van der Waals surface area contributed by atoms with Gasteiger partial charge in [-0.05, 0) is 66.4 Å². The van der Waals surface area contributed by atoms with Gasteiger partial charge in [-0.1, -0.05) is 30.4 Å². The van der Waals surface area contributed by atoms with Crippen LogP contribution in [0.5, 0.6) is 0 Å². The zero-order chi connectivity index (χ0) is 21.2. The number of hydrogen-bond donors (Lipinski definition) is 2. The maximum atomic E-state index is 11.8. The molecule has 2 aromatic carbocycles. The van der Waals surface area contributed by atoms with E-state index in [1.165, 1.54) is 0 Å². The molecule has 0 atom stereocenters. The van der Waals surface area contributed by atoms with E-state index in [9.17, 15) is 4.79 Å². The molecule has 0 saturated carbocycles. The van der Waals surface area contributed by atoms with Gasteiger partial charge < -0.3 is 10.6 Å². The van der Waals surface area contributed by atoms with Crippen molar-refractivity contribution < 1.29 is 4.79 Å². The van der Waals surface area contributed by atoms with Crippen molar-refractivity contribution in [3.63, 3.8) is 0 Å². The molecule has 1 saturated heterocycles. The first-order valence-electron chi connectivity index (χ1n) is 9.24. The van der Waals surface area contributed by atoms with Gasteiger partial charge in [0.1, 0.15) is 9.32 Å². The molecule has 0 amide bonds. The maximum Gasteiger partial charge on any atom is 0.242 e. The summed E-state index contributed by atoms with van der Waals surface area (Å²) in [5, 5.41) is 15.8. The minimum Gasteiger partial charge on any atom is -0.356 e. The van der Waals surface area contributed by atoms with E-state index in [0.29, 0.717) is 10.0 Å². The summed E-state index contributed by atoms with van der Waals surface area (Å²) in [4.78, 5) is 12.9. The number of nitrogens with one attached hydrogen (secondary N) is 2. The van der Waals surface area contributed by atoms with E-state index in [1.54, 1.807) is 22.7 Å². The zero-order valence-electron chi connectivity index (χ0n) is 15.9. The molecule has 152 valence electrons. The molecule has 2 aromatic heterocycles. The molecule has 0 unspecified atom stereocenters. The van der Waals surface area contributed by atoms with Crippen LogP contribution >= 0.6 is 46.7 Å². The minimum absolute atomic E-state index is 0.0405. The van der Waals surface area contributed by atoms with Crippen LogP contribution < -0.4 is 10.6 Å². The first-order chi connectivity index (χ1) is 15.1. The number of rotatable bonds is 5. The summed E-state index contributed by atoms with van der Waals surface area (Å²) in [6.45, 7) is 0. The predicted molar refractivity (Wildman–Crippen MR) is 136 cm³/mol. The highest BCUT2D eigenvalue weighted by atomic mass is 32.2. The number of thioether (sulfide) groups is 1. The third kappa shape index (κ3) is 4.75. The zero-order valence-corrected chi connectivity index (χ0v) is 19.1. The van der Waals surface area contributed by atoms with Crippen molar-refractivity contribution in [1.82, 2.24) is 5.32 Å². The number of nitrogens with zero attached hydrogens (tertiary/aromatic N) is 2. The average molecular weight is 479 g/mol. The summed E-state index contributed by atoms with van der Waals surface area (Å²) in [5.74, 6) is 0. The number of thiophene rings is 2. The lowest BCUT2D eigenvalue weighted by atomic mass is 10.2. The third-order valence-electron chi connectivity index (χ3n) is 4.34. The van der Waals surface area contributed by atoms with Crippen molar-refractivity contribution in [1.29, 1.82) is 0 Å². The number of benzene rings is 2. The largest absolute Gasteiger partial charge is 0.356 e. The van der Waals surface area contributed by atoms with Gasteiger partial charge >= 0.3 is 0 Å². The molecule has 4 aromatic rings. The number of para-hydroxylation sites is 1. The first-order valence-corrected chi connectivity index (χ1v) is 12.1. The fourth-order valence-corrected chi connectivity index (χ4v) is 5.98. The number of carbonyl (C=O) groups is 1. The lowest BCUT2D eigenvalue weighted by molar-refractivity contribution is -0.107. The molecule has 9 heteroatoms. The Labute approximate surface area is 195 Å². The topological polar surface area (TPSA) is 65.8 Å². The molecular formula is C22H14N4OS4. The Hall–Kier alpha value is -2.85. The highest BCUT2D eigenvalue weighted by molar-refractivity contribution is 8.33. The van der Waals surface area contributed by atoms with Crippen LogP contribution in [0.2, 0.25) is 0 Å². The normalized spacial score (nSPS) is 15.3. The summed E-state index contributed by atoms with van der Waals surface area (Å²) >= 11 is 9.27. The van der Waals surface area contributed by atoms with E-state index in [0.717, 1.165) is 48.1 Å². The van der Waals surface area contributed by atoms with Crippen LogP contribution in [0.4, 0.5) is 22.1 Å². The van der Waals surface area contributed by atoms with E-state index in [-0.39, 0.29) is 5.12 Å². The lowest BCUT2D eigenvalue weighted by Gasteiger charge is -2.05. The monoisotopic (exact) mass is 478 g/mol. The van der Waals surface area contributed by atoms with Gasteiger partial charge in [0.2, 0.25) is 5.12 Å². The molecule has 0 radical (unpaired) electrons. The van der Waals surface area contributed by atoms with E-state index in [4.69, 9.17) is 12.2 Å². The molecule has 0 aliphatic carbocycles. The van der Waals surface area contributed by atoms with Gasteiger partial charge in [-0.25, -0.2) is 0 Å². The highest BCUT2D eigenvalue weighted by Crippen LogP contribution is 2.39. The number of hydrogen-bond acceptors (Lipinski definition) is 8. The summed E-state index contributed by atoms with van der Waals surface area (Å²) in [6.07, 6.45) is 1.85. The Bertz CT molecular complexity index is 1310. The van der Waals surface area contributed by atoms with Crippen molar-refractivity contribution in [2.75, 3.05) is 5.32 Å². The molecule has 1 aliphatic heterocycles. The molecule has 0 bridgehead atoms. The maximum absolute atomic E-state index is 11.8.